The summed E-state index contributed by atoms with van der Waals surface area (Å²) in [6.07, 6.45) is 0.420. The van der Waals surface area contributed by atoms with Crippen LogP contribution < -0.4 is 4.90 Å². The molecule has 0 aliphatic carbocycles. The molecule has 3 aromatic rings. The van der Waals surface area contributed by atoms with E-state index in [4.69, 9.17) is 4.74 Å². The topological polar surface area (TPSA) is 32.8 Å². The lowest BCUT2D eigenvalue weighted by molar-refractivity contribution is -0.129. The van der Waals surface area contributed by atoms with Gasteiger partial charge in [0.25, 0.3) is 0 Å². The Hall–Kier alpha value is -2.85. The van der Waals surface area contributed by atoms with E-state index in [1.54, 1.807) is 0 Å². The highest BCUT2D eigenvalue weighted by Crippen LogP contribution is 2.20. The van der Waals surface area contributed by atoms with Gasteiger partial charge in [-0.25, -0.2) is 0 Å². The van der Waals surface area contributed by atoms with E-state index in [2.05, 4.69) is 47.4 Å². The van der Waals surface area contributed by atoms with E-state index in [1.807, 2.05) is 36.2 Å². The Labute approximate surface area is 166 Å². The maximum Gasteiger partial charge on any atom is 0.227 e. The number of nitrogens with zero attached hydrogens (tertiary/aromatic N) is 2. The lowest BCUT2D eigenvalue weighted by Crippen LogP contribution is -2.36. The van der Waals surface area contributed by atoms with E-state index in [9.17, 15) is 4.79 Å². The number of rotatable bonds is 5. The summed E-state index contributed by atoms with van der Waals surface area (Å²) in [5.74, 6) is 0.133. The van der Waals surface area contributed by atoms with E-state index >= 15 is 0 Å². The van der Waals surface area contributed by atoms with Crippen molar-refractivity contribution in [1.29, 1.82) is 0 Å². The van der Waals surface area contributed by atoms with Gasteiger partial charge in [-0.05, 0) is 34.0 Å². The number of fused-ring (bicyclic) bond motifs is 1. The molecule has 28 heavy (non-hydrogen) atoms. The Morgan fingerprint density at radius 2 is 1.68 bits per heavy atom. The average Bonchev–Trinajstić information content (AvgIpc) is 2.75. The lowest BCUT2D eigenvalue weighted by Gasteiger charge is -2.29. The molecule has 1 aliphatic heterocycles. The molecule has 1 amide bonds. The maximum absolute atomic E-state index is 12.8. The van der Waals surface area contributed by atoms with Crippen LogP contribution in [0.25, 0.3) is 10.8 Å². The quantitative estimate of drug-likeness (QED) is 0.679. The molecule has 0 aromatic heterocycles. The van der Waals surface area contributed by atoms with Crippen LogP contribution in [0.15, 0.2) is 66.7 Å². The first-order valence-corrected chi connectivity index (χ1v) is 9.83. The number of benzene rings is 3. The Bertz CT molecular complexity index is 941. The Balaban J connectivity index is 1.40. The summed E-state index contributed by atoms with van der Waals surface area (Å²) in [5, 5.41) is 2.33. The zero-order valence-electron chi connectivity index (χ0n) is 16.3. The van der Waals surface area contributed by atoms with Gasteiger partial charge in [0, 0.05) is 32.4 Å². The summed E-state index contributed by atoms with van der Waals surface area (Å²) < 4.78 is 5.41. The second-order valence-corrected chi connectivity index (χ2v) is 7.33. The molecule has 4 rings (SSSR count). The predicted octanol–water partition coefficient (Wildman–Crippen LogP) is 3.88. The van der Waals surface area contributed by atoms with Crippen LogP contribution in [0.2, 0.25) is 0 Å². The minimum absolute atomic E-state index is 0.133. The molecule has 0 saturated carbocycles. The van der Waals surface area contributed by atoms with Gasteiger partial charge in [-0.2, -0.15) is 0 Å². The van der Waals surface area contributed by atoms with Crippen LogP contribution in [0.4, 0.5) is 5.69 Å². The van der Waals surface area contributed by atoms with Crippen molar-refractivity contribution in [2.75, 3.05) is 38.3 Å². The van der Waals surface area contributed by atoms with Crippen molar-refractivity contribution < 1.29 is 9.53 Å². The van der Waals surface area contributed by atoms with Gasteiger partial charge in [0.1, 0.15) is 0 Å². The van der Waals surface area contributed by atoms with Crippen molar-refractivity contribution in [3.8, 4) is 0 Å². The molecule has 1 saturated heterocycles. The summed E-state index contributed by atoms with van der Waals surface area (Å²) >= 11 is 0. The van der Waals surface area contributed by atoms with Crippen LogP contribution >= 0.6 is 0 Å². The van der Waals surface area contributed by atoms with Gasteiger partial charge in [-0.15, -0.1) is 0 Å². The number of likely N-dealkylation sites (N-methyl/N-ethyl adjacent to an activating group) is 1. The standard InChI is InChI=1S/C24H26N2O2/c1-25(18-19-9-11-22(12-10-19)26-13-15-28-16-14-26)24(27)17-21-7-4-6-20-5-2-3-8-23(20)21/h2-12H,13-18H2,1H3. The zero-order valence-corrected chi connectivity index (χ0v) is 16.3. The summed E-state index contributed by atoms with van der Waals surface area (Å²) in [6, 6.07) is 22.9. The SMILES string of the molecule is CN(Cc1ccc(N2CCOCC2)cc1)C(=O)Cc1cccc2ccccc12. The molecule has 1 fully saturated rings. The Kier molecular flexibility index (Phi) is 5.58. The van der Waals surface area contributed by atoms with Crippen LogP contribution in [0.5, 0.6) is 0 Å². The minimum atomic E-state index is 0.133. The Morgan fingerprint density at radius 3 is 2.46 bits per heavy atom. The fourth-order valence-corrected chi connectivity index (χ4v) is 3.74. The molecule has 1 heterocycles. The van der Waals surface area contributed by atoms with E-state index in [0.717, 1.165) is 42.8 Å². The normalized spacial score (nSPS) is 14.2. The van der Waals surface area contributed by atoms with E-state index in [0.29, 0.717) is 13.0 Å². The van der Waals surface area contributed by atoms with Crippen molar-refractivity contribution in [2.45, 2.75) is 13.0 Å². The van der Waals surface area contributed by atoms with E-state index in [-0.39, 0.29) is 5.91 Å². The van der Waals surface area contributed by atoms with Crippen molar-refractivity contribution in [2.24, 2.45) is 0 Å². The largest absolute Gasteiger partial charge is 0.378 e. The molecule has 1 aliphatic rings. The summed E-state index contributed by atoms with van der Waals surface area (Å²) in [7, 11) is 1.88. The fraction of sp³-hybridized carbons (Fsp3) is 0.292. The second-order valence-electron chi connectivity index (χ2n) is 7.33. The molecule has 0 unspecified atom stereocenters. The second kappa shape index (κ2) is 8.44. The minimum Gasteiger partial charge on any atom is -0.378 e. The number of hydrogen-bond acceptors (Lipinski definition) is 3. The average molecular weight is 374 g/mol. The van der Waals surface area contributed by atoms with Gasteiger partial charge in [0.15, 0.2) is 0 Å². The van der Waals surface area contributed by atoms with Crippen molar-refractivity contribution >= 4 is 22.4 Å². The Morgan fingerprint density at radius 1 is 0.964 bits per heavy atom. The highest BCUT2D eigenvalue weighted by atomic mass is 16.5. The highest BCUT2D eigenvalue weighted by molar-refractivity contribution is 5.90. The van der Waals surface area contributed by atoms with Gasteiger partial charge in [0.05, 0.1) is 19.6 Å². The molecular weight excluding hydrogens is 348 g/mol. The van der Waals surface area contributed by atoms with Crippen molar-refractivity contribution in [1.82, 2.24) is 4.90 Å². The first-order chi connectivity index (χ1) is 13.7. The third kappa shape index (κ3) is 4.18. The number of morpholine rings is 1. The molecule has 4 heteroatoms. The number of amides is 1. The van der Waals surface area contributed by atoms with Gasteiger partial charge < -0.3 is 14.5 Å². The van der Waals surface area contributed by atoms with Crippen LogP contribution in [-0.2, 0) is 22.5 Å². The molecule has 0 radical (unpaired) electrons. The number of hydrogen-bond donors (Lipinski definition) is 0. The third-order valence-corrected chi connectivity index (χ3v) is 5.38. The van der Waals surface area contributed by atoms with Crippen LogP contribution in [0.3, 0.4) is 0 Å². The van der Waals surface area contributed by atoms with Crippen LogP contribution in [0, 0.1) is 0 Å². The monoisotopic (exact) mass is 374 g/mol. The molecule has 0 N–H and O–H groups in total. The first-order valence-electron chi connectivity index (χ1n) is 9.83. The molecule has 3 aromatic carbocycles. The first kappa shape index (κ1) is 18.5. The summed E-state index contributed by atoms with van der Waals surface area (Å²) in [4.78, 5) is 16.9. The summed E-state index contributed by atoms with van der Waals surface area (Å²) in [5.41, 5.74) is 3.44. The lowest BCUT2D eigenvalue weighted by atomic mass is 10.0. The third-order valence-electron chi connectivity index (χ3n) is 5.38. The molecule has 0 bridgehead atoms. The number of carbonyl (C=O) groups excluding carboxylic acids is 1. The van der Waals surface area contributed by atoms with Gasteiger partial charge >= 0.3 is 0 Å². The number of ether oxygens (including phenoxy) is 1. The van der Waals surface area contributed by atoms with Crippen LogP contribution in [-0.4, -0.2) is 44.2 Å². The summed E-state index contributed by atoms with van der Waals surface area (Å²) in [6.45, 7) is 4.05. The smallest absolute Gasteiger partial charge is 0.227 e. The highest BCUT2D eigenvalue weighted by Gasteiger charge is 2.14. The molecular formula is C24H26N2O2. The van der Waals surface area contributed by atoms with Gasteiger partial charge in [-0.1, -0.05) is 54.6 Å². The molecule has 0 atom stereocenters. The number of anilines is 1. The maximum atomic E-state index is 12.8. The molecule has 144 valence electrons. The van der Waals surface area contributed by atoms with Crippen molar-refractivity contribution in [3.63, 3.8) is 0 Å². The van der Waals surface area contributed by atoms with E-state index in [1.165, 1.54) is 11.1 Å². The van der Waals surface area contributed by atoms with Gasteiger partial charge in [-0.3, -0.25) is 4.79 Å². The van der Waals surface area contributed by atoms with Crippen molar-refractivity contribution in [3.05, 3.63) is 77.9 Å². The van der Waals surface area contributed by atoms with E-state index < -0.39 is 0 Å². The predicted molar refractivity (Wildman–Crippen MR) is 114 cm³/mol. The van der Waals surface area contributed by atoms with Gasteiger partial charge in [0.2, 0.25) is 5.91 Å². The molecule has 4 nitrogen and oxygen atoms in total. The fourth-order valence-electron chi connectivity index (χ4n) is 3.74. The van der Waals surface area contributed by atoms with Crippen LogP contribution in [0.1, 0.15) is 11.1 Å². The number of carbonyl (C=O) groups is 1. The zero-order chi connectivity index (χ0) is 19.3. The molecule has 0 spiro atoms.